The van der Waals surface area contributed by atoms with Crippen LogP contribution in [-0.2, 0) is 14.3 Å². The zero-order valence-corrected chi connectivity index (χ0v) is 20.8. The number of hydrogen-bond donors (Lipinski definition) is 2. The molecule has 2 aromatic rings. The van der Waals surface area contributed by atoms with Gasteiger partial charge in [0.15, 0.2) is 11.5 Å². The molecular weight excluding hydrogens is 464 g/mol. The van der Waals surface area contributed by atoms with Crippen molar-refractivity contribution in [2.75, 3.05) is 46.5 Å². The molecule has 2 fully saturated rings. The van der Waals surface area contributed by atoms with Gasteiger partial charge in [0.05, 0.1) is 38.0 Å². The fourth-order valence-electron chi connectivity index (χ4n) is 4.51. The maximum atomic E-state index is 13.3. The van der Waals surface area contributed by atoms with Crippen LogP contribution in [0.3, 0.4) is 0 Å². The molecule has 2 N–H and O–H groups in total. The number of nitrogens with zero attached hydrogens (tertiary/aromatic N) is 2. The molecule has 192 valence electrons. The second-order valence-electron chi connectivity index (χ2n) is 9.07. The fraction of sp³-hybridized carbons (Fsp3) is 0.407. The Morgan fingerprint density at radius 1 is 1.08 bits per heavy atom. The van der Waals surface area contributed by atoms with E-state index in [1.807, 2.05) is 13.8 Å². The third-order valence-corrected chi connectivity index (χ3v) is 6.32. The van der Waals surface area contributed by atoms with Crippen LogP contribution >= 0.6 is 0 Å². The number of aromatic hydroxyl groups is 1. The van der Waals surface area contributed by atoms with E-state index in [-0.39, 0.29) is 35.5 Å². The second-order valence-corrected chi connectivity index (χ2v) is 9.07. The van der Waals surface area contributed by atoms with Gasteiger partial charge in [-0.1, -0.05) is 6.07 Å². The van der Waals surface area contributed by atoms with Gasteiger partial charge in [0, 0.05) is 31.7 Å². The summed E-state index contributed by atoms with van der Waals surface area (Å²) in [5.74, 6) is -0.924. The van der Waals surface area contributed by atoms with Gasteiger partial charge in [-0.05, 0) is 55.8 Å². The van der Waals surface area contributed by atoms with Gasteiger partial charge in [-0.2, -0.15) is 0 Å². The summed E-state index contributed by atoms with van der Waals surface area (Å²) in [5.41, 5.74) is 0.937. The van der Waals surface area contributed by atoms with Crippen molar-refractivity contribution in [3.05, 3.63) is 59.2 Å². The van der Waals surface area contributed by atoms with Crippen molar-refractivity contribution in [3.8, 4) is 17.2 Å². The van der Waals surface area contributed by atoms with Gasteiger partial charge in [0.2, 0.25) is 0 Å². The maximum Gasteiger partial charge on any atom is 0.295 e. The number of hydrogen-bond acceptors (Lipinski definition) is 8. The topological polar surface area (TPSA) is 109 Å². The Morgan fingerprint density at radius 2 is 1.78 bits per heavy atom. The van der Waals surface area contributed by atoms with E-state index in [0.717, 1.165) is 13.1 Å². The summed E-state index contributed by atoms with van der Waals surface area (Å²) in [5, 5.41) is 21.4. The lowest BCUT2D eigenvalue weighted by atomic mass is 9.95. The van der Waals surface area contributed by atoms with E-state index in [1.54, 1.807) is 36.4 Å². The Labute approximate surface area is 210 Å². The van der Waals surface area contributed by atoms with Gasteiger partial charge in [-0.25, -0.2) is 0 Å². The number of ether oxygens (including phenoxy) is 3. The van der Waals surface area contributed by atoms with Crippen molar-refractivity contribution >= 4 is 17.4 Å². The minimum atomic E-state index is -0.841. The monoisotopic (exact) mass is 496 g/mol. The Morgan fingerprint density at radius 3 is 2.42 bits per heavy atom. The normalized spacial score (nSPS) is 20.2. The van der Waals surface area contributed by atoms with Crippen LogP contribution in [0.15, 0.2) is 48.0 Å². The number of morpholine rings is 1. The van der Waals surface area contributed by atoms with Crippen LogP contribution in [0.4, 0.5) is 0 Å². The molecule has 1 amide bonds. The molecule has 4 rings (SSSR count). The number of rotatable bonds is 8. The van der Waals surface area contributed by atoms with Crippen molar-refractivity contribution in [2.24, 2.45) is 0 Å². The van der Waals surface area contributed by atoms with Crippen molar-refractivity contribution in [2.45, 2.75) is 26.0 Å². The number of phenols is 1. The number of likely N-dealkylation sites (tertiary alicyclic amines) is 1. The van der Waals surface area contributed by atoms with Gasteiger partial charge < -0.3 is 29.3 Å². The Kier molecular flexibility index (Phi) is 7.81. The molecule has 2 heterocycles. The third-order valence-electron chi connectivity index (χ3n) is 6.32. The zero-order valence-electron chi connectivity index (χ0n) is 20.8. The molecule has 2 aliphatic heterocycles. The molecular formula is C27H32N2O7. The van der Waals surface area contributed by atoms with E-state index >= 15 is 0 Å². The lowest BCUT2D eigenvalue weighted by molar-refractivity contribution is -0.140. The standard InChI is InChI=1S/C27H32N2O7/c1-17(2)36-20-7-4-18(5-8-20)25(31)23-24(19-6-9-21(30)22(16-19)34-3)29(27(33)26(23)32)11-10-28-12-14-35-15-13-28/h4-9,16-17,24,30-31H,10-15H2,1-3H3/t24-/m1/s1. The number of ketones is 1. The van der Waals surface area contributed by atoms with Crippen LogP contribution < -0.4 is 9.47 Å². The molecule has 2 aromatic carbocycles. The highest BCUT2D eigenvalue weighted by Crippen LogP contribution is 2.41. The van der Waals surface area contributed by atoms with Gasteiger partial charge in [0.25, 0.3) is 11.7 Å². The molecule has 2 saturated heterocycles. The lowest BCUT2D eigenvalue weighted by Crippen LogP contribution is -2.42. The average molecular weight is 497 g/mol. The van der Waals surface area contributed by atoms with Crippen molar-refractivity contribution < 1.29 is 34.0 Å². The lowest BCUT2D eigenvalue weighted by Gasteiger charge is -2.31. The highest BCUT2D eigenvalue weighted by atomic mass is 16.5. The number of methoxy groups -OCH3 is 1. The first-order chi connectivity index (χ1) is 17.3. The summed E-state index contributed by atoms with van der Waals surface area (Å²) < 4.78 is 16.3. The molecule has 9 nitrogen and oxygen atoms in total. The van der Waals surface area contributed by atoms with Gasteiger partial charge in [0.1, 0.15) is 11.5 Å². The van der Waals surface area contributed by atoms with Crippen LogP contribution in [0.5, 0.6) is 17.2 Å². The first-order valence-electron chi connectivity index (χ1n) is 12.0. The average Bonchev–Trinajstić information content (AvgIpc) is 3.13. The van der Waals surface area contributed by atoms with Crippen LogP contribution in [0.2, 0.25) is 0 Å². The molecule has 9 heteroatoms. The summed E-state index contributed by atoms with van der Waals surface area (Å²) in [4.78, 5) is 30.1. The third kappa shape index (κ3) is 5.32. The maximum absolute atomic E-state index is 13.3. The predicted octanol–water partition coefficient (Wildman–Crippen LogP) is 2.94. The van der Waals surface area contributed by atoms with Crippen LogP contribution in [0, 0.1) is 0 Å². The minimum Gasteiger partial charge on any atom is -0.507 e. The molecule has 2 aliphatic rings. The summed E-state index contributed by atoms with van der Waals surface area (Å²) in [6, 6.07) is 10.6. The summed E-state index contributed by atoms with van der Waals surface area (Å²) in [7, 11) is 1.43. The van der Waals surface area contributed by atoms with Crippen molar-refractivity contribution in [3.63, 3.8) is 0 Å². The van der Waals surface area contributed by atoms with Crippen LogP contribution in [0.1, 0.15) is 31.0 Å². The van der Waals surface area contributed by atoms with E-state index in [2.05, 4.69) is 4.90 Å². The quantitative estimate of drug-likeness (QED) is 0.326. The van der Waals surface area contributed by atoms with Crippen molar-refractivity contribution in [1.82, 2.24) is 9.80 Å². The number of phenolic OH excluding ortho intramolecular Hbond substituents is 1. The predicted molar refractivity (Wildman–Crippen MR) is 133 cm³/mol. The van der Waals surface area contributed by atoms with Crippen molar-refractivity contribution in [1.29, 1.82) is 0 Å². The van der Waals surface area contributed by atoms with E-state index < -0.39 is 17.7 Å². The van der Waals surface area contributed by atoms with Gasteiger partial charge >= 0.3 is 0 Å². The second kappa shape index (κ2) is 11.0. The first-order valence-corrected chi connectivity index (χ1v) is 12.0. The number of amides is 1. The van der Waals surface area contributed by atoms with E-state index in [1.165, 1.54) is 18.1 Å². The number of carbonyl (C=O) groups is 2. The largest absolute Gasteiger partial charge is 0.507 e. The molecule has 0 spiro atoms. The Hall–Kier alpha value is -3.56. The summed E-state index contributed by atoms with van der Waals surface area (Å²) in [6.07, 6.45) is -0.00860. The Balaban J connectivity index is 1.73. The fourth-order valence-corrected chi connectivity index (χ4v) is 4.51. The number of aliphatic hydroxyl groups is 1. The SMILES string of the molecule is COc1cc([C@@H]2C(=C(O)c3ccc(OC(C)C)cc3)C(=O)C(=O)N2CCN2CCOCC2)ccc1O. The van der Waals surface area contributed by atoms with Crippen LogP contribution in [0.25, 0.3) is 5.76 Å². The molecule has 36 heavy (non-hydrogen) atoms. The molecule has 0 unspecified atom stereocenters. The first kappa shape index (κ1) is 25.5. The highest BCUT2D eigenvalue weighted by Gasteiger charge is 2.46. The Bertz CT molecular complexity index is 1140. The van der Waals surface area contributed by atoms with E-state index in [4.69, 9.17) is 14.2 Å². The number of benzene rings is 2. The smallest absolute Gasteiger partial charge is 0.295 e. The summed E-state index contributed by atoms with van der Waals surface area (Å²) >= 11 is 0. The molecule has 0 saturated carbocycles. The summed E-state index contributed by atoms with van der Waals surface area (Å²) in [6.45, 7) is 7.40. The number of aliphatic hydroxyl groups excluding tert-OH is 1. The zero-order chi connectivity index (χ0) is 25.8. The van der Waals surface area contributed by atoms with E-state index in [0.29, 0.717) is 36.6 Å². The highest BCUT2D eigenvalue weighted by molar-refractivity contribution is 6.46. The molecule has 1 atom stereocenters. The number of Topliss-reactive ketones (excluding diaryl/α,β-unsaturated/α-hetero) is 1. The molecule has 0 aliphatic carbocycles. The number of carbonyl (C=O) groups excluding carboxylic acids is 2. The van der Waals surface area contributed by atoms with E-state index in [9.17, 15) is 19.8 Å². The minimum absolute atomic E-state index is 0.00718. The molecule has 0 radical (unpaired) electrons. The molecule has 0 aromatic heterocycles. The molecule has 0 bridgehead atoms. The van der Waals surface area contributed by atoms with Crippen LogP contribution in [-0.4, -0.2) is 84.3 Å². The van der Waals surface area contributed by atoms with Gasteiger partial charge in [-0.15, -0.1) is 0 Å². The van der Waals surface area contributed by atoms with Gasteiger partial charge in [-0.3, -0.25) is 14.5 Å².